The molecule has 6 heteroatoms. The number of hydrogen-bond acceptors (Lipinski definition) is 5. The second-order valence-electron chi connectivity index (χ2n) is 2.80. The van der Waals surface area contributed by atoms with E-state index in [1.54, 1.807) is 7.05 Å². The first-order valence-corrected chi connectivity index (χ1v) is 4.17. The molecule has 0 fully saturated rings. The minimum atomic E-state index is -1.30. The first-order chi connectivity index (χ1) is 6.56. The molecule has 0 aliphatic rings. The van der Waals surface area contributed by atoms with Crippen molar-refractivity contribution in [2.75, 3.05) is 14.2 Å². The highest BCUT2D eigenvalue weighted by molar-refractivity contribution is 5.74. The third kappa shape index (κ3) is 3.82. The second kappa shape index (κ2) is 6.47. The fraction of sp³-hybridized carbons (Fsp3) is 0.750. The topological polar surface area (TPSA) is 87.7 Å². The Labute approximate surface area is 82.6 Å². The average molecular weight is 204 g/mol. The Hall–Kier alpha value is -0.980. The maximum Gasteiger partial charge on any atom is 0.217 e. The zero-order valence-electron chi connectivity index (χ0n) is 8.48. The first kappa shape index (κ1) is 13.0. The van der Waals surface area contributed by atoms with Gasteiger partial charge in [-0.2, -0.15) is 0 Å². The van der Waals surface area contributed by atoms with Crippen LogP contribution >= 0.6 is 0 Å². The van der Waals surface area contributed by atoms with Gasteiger partial charge in [0.15, 0.2) is 6.29 Å². The fourth-order valence-electron chi connectivity index (χ4n) is 1.10. The lowest BCUT2D eigenvalue weighted by atomic mass is 10.1. The number of aldehydes is 1. The molecule has 3 unspecified atom stereocenters. The average Bonchev–Trinajstić information content (AvgIpc) is 2.16. The lowest BCUT2D eigenvalue weighted by molar-refractivity contribution is -0.125. The molecule has 0 saturated heterocycles. The number of aliphatic hydroxyl groups is 1. The van der Waals surface area contributed by atoms with Gasteiger partial charge in [0.25, 0.3) is 0 Å². The molecule has 0 aliphatic carbocycles. The molecule has 14 heavy (non-hydrogen) atoms. The molecular formula is C8H16N2O4. The van der Waals surface area contributed by atoms with Crippen molar-refractivity contribution in [1.82, 2.24) is 10.6 Å². The molecule has 3 atom stereocenters. The van der Waals surface area contributed by atoms with Crippen molar-refractivity contribution in [3.8, 4) is 0 Å². The summed E-state index contributed by atoms with van der Waals surface area (Å²) in [4.78, 5) is 21.2. The summed E-state index contributed by atoms with van der Waals surface area (Å²) < 4.78 is 4.94. The molecule has 6 nitrogen and oxygen atoms in total. The van der Waals surface area contributed by atoms with E-state index in [1.165, 1.54) is 14.0 Å². The van der Waals surface area contributed by atoms with Crippen LogP contribution in [0.1, 0.15) is 6.92 Å². The Kier molecular flexibility index (Phi) is 6.02. The summed E-state index contributed by atoms with van der Waals surface area (Å²) in [5.74, 6) is -0.340. The van der Waals surface area contributed by atoms with Crippen molar-refractivity contribution in [1.29, 1.82) is 0 Å². The zero-order valence-corrected chi connectivity index (χ0v) is 8.48. The number of methoxy groups -OCH3 is 1. The summed E-state index contributed by atoms with van der Waals surface area (Å²) in [5, 5.41) is 14.4. The molecule has 0 radical (unpaired) electrons. The molecule has 82 valence electrons. The summed E-state index contributed by atoms with van der Waals surface area (Å²) in [5.41, 5.74) is 0. The summed E-state index contributed by atoms with van der Waals surface area (Å²) >= 11 is 0. The molecule has 1 amide bonds. The van der Waals surface area contributed by atoms with Crippen LogP contribution in [0.2, 0.25) is 0 Å². The van der Waals surface area contributed by atoms with Gasteiger partial charge in [0.1, 0.15) is 18.4 Å². The standard InChI is InChI=1S/C8H16N2O4/c1-5(12)10-7(6(13)4-11)8(9-2)14-3/h4,6-9,13H,1-3H3,(H,10,12). The van der Waals surface area contributed by atoms with Crippen LogP contribution in [-0.4, -0.2) is 49.8 Å². The van der Waals surface area contributed by atoms with Gasteiger partial charge in [-0.15, -0.1) is 0 Å². The van der Waals surface area contributed by atoms with Gasteiger partial charge in [-0.05, 0) is 7.05 Å². The highest BCUT2D eigenvalue weighted by Crippen LogP contribution is 1.99. The van der Waals surface area contributed by atoms with E-state index in [1.807, 2.05) is 0 Å². The molecule has 0 aromatic rings. The van der Waals surface area contributed by atoms with Crippen molar-refractivity contribution >= 4 is 12.2 Å². The number of carbonyl (C=O) groups is 2. The van der Waals surface area contributed by atoms with Crippen molar-refractivity contribution in [2.45, 2.75) is 25.3 Å². The Morgan fingerprint density at radius 1 is 1.57 bits per heavy atom. The number of nitrogens with one attached hydrogen (secondary N) is 2. The van der Waals surface area contributed by atoms with Gasteiger partial charge >= 0.3 is 0 Å². The molecule has 0 aliphatic heterocycles. The van der Waals surface area contributed by atoms with E-state index >= 15 is 0 Å². The Bertz CT molecular complexity index is 194. The molecule has 0 spiro atoms. The van der Waals surface area contributed by atoms with Crippen molar-refractivity contribution in [3.05, 3.63) is 0 Å². The van der Waals surface area contributed by atoms with E-state index < -0.39 is 18.4 Å². The van der Waals surface area contributed by atoms with Crippen molar-refractivity contribution in [3.63, 3.8) is 0 Å². The third-order valence-electron chi connectivity index (χ3n) is 1.74. The fourth-order valence-corrected chi connectivity index (χ4v) is 1.10. The maximum absolute atomic E-state index is 10.8. The van der Waals surface area contributed by atoms with Crippen LogP contribution in [0.15, 0.2) is 0 Å². The lowest BCUT2D eigenvalue weighted by Gasteiger charge is -2.27. The summed E-state index contributed by atoms with van der Waals surface area (Å²) in [6.45, 7) is 1.30. The van der Waals surface area contributed by atoms with Gasteiger partial charge in [0.2, 0.25) is 5.91 Å². The van der Waals surface area contributed by atoms with Crippen LogP contribution in [0.5, 0.6) is 0 Å². The zero-order chi connectivity index (χ0) is 11.1. The number of rotatable bonds is 6. The van der Waals surface area contributed by atoms with Crippen LogP contribution in [0.3, 0.4) is 0 Å². The van der Waals surface area contributed by atoms with Gasteiger partial charge in [-0.25, -0.2) is 0 Å². The third-order valence-corrected chi connectivity index (χ3v) is 1.74. The van der Waals surface area contributed by atoms with E-state index in [0.29, 0.717) is 6.29 Å². The molecular weight excluding hydrogens is 188 g/mol. The molecule has 3 N–H and O–H groups in total. The maximum atomic E-state index is 10.8. The number of aliphatic hydroxyl groups excluding tert-OH is 1. The van der Waals surface area contributed by atoms with E-state index in [9.17, 15) is 14.7 Å². The predicted octanol–water partition coefficient (Wildman–Crippen LogP) is -1.76. The quantitative estimate of drug-likeness (QED) is 0.352. The summed E-state index contributed by atoms with van der Waals surface area (Å²) in [6, 6.07) is -0.792. The van der Waals surface area contributed by atoms with Crippen LogP contribution in [0, 0.1) is 0 Å². The van der Waals surface area contributed by atoms with Gasteiger partial charge in [-0.3, -0.25) is 10.1 Å². The predicted molar refractivity (Wildman–Crippen MR) is 49.5 cm³/mol. The monoisotopic (exact) mass is 204 g/mol. The van der Waals surface area contributed by atoms with Crippen LogP contribution in [-0.2, 0) is 14.3 Å². The normalized spacial score (nSPS) is 16.9. The van der Waals surface area contributed by atoms with Gasteiger partial charge in [0.05, 0.1) is 0 Å². The number of carbonyl (C=O) groups excluding carboxylic acids is 2. The Morgan fingerprint density at radius 3 is 2.43 bits per heavy atom. The smallest absolute Gasteiger partial charge is 0.217 e. The minimum Gasteiger partial charge on any atom is -0.383 e. The number of ether oxygens (including phenoxy) is 1. The van der Waals surface area contributed by atoms with Crippen LogP contribution < -0.4 is 10.6 Å². The van der Waals surface area contributed by atoms with Crippen LogP contribution in [0.25, 0.3) is 0 Å². The largest absolute Gasteiger partial charge is 0.383 e. The summed E-state index contributed by atoms with van der Waals surface area (Å²) in [6.07, 6.45) is -1.56. The SMILES string of the molecule is CNC(OC)C(NC(C)=O)C(O)C=O. The second-order valence-corrected chi connectivity index (χ2v) is 2.80. The molecule has 0 bridgehead atoms. The van der Waals surface area contributed by atoms with E-state index in [0.717, 1.165) is 0 Å². The minimum absolute atomic E-state index is 0.340. The highest BCUT2D eigenvalue weighted by atomic mass is 16.5. The molecule has 0 heterocycles. The number of amides is 1. The Balaban J connectivity index is 4.50. The number of likely N-dealkylation sites (N-methyl/N-ethyl adjacent to an activating group) is 1. The van der Waals surface area contributed by atoms with E-state index in [2.05, 4.69) is 10.6 Å². The van der Waals surface area contributed by atoms with Gasteiger partial charge in [-0.1, -0.05) is 0 Å². The summed E-state index contributed by atoms with van der Waals surface area (Å²) in [7, 11) is 3.01. The molecule has 0 aromatic carbocycles. The van der Waals surface area contributed by atoms with E-state index in [4.69, 9.17) is 4.74 Å². The van der Waals surface area contributed by atoms with Gasteiger partial charge < -0.3 is 20.0 Å². The van der Waals surface area contributed by atoms with Crippen molar-refractivity contribution in [2.24, 2.45) is 0 Å². The number of hydrogen-bond donors (Lipinski definition) is 3. The highest BCUT2D eigenvalue weighted by Gasteiger charge is 2.27. The molecule has 0 rings (SSSR count). The molecule has 0 saturated carbocycles. The Morgan fingerprint density at radius 2 is 2.14 bits per heavy atom. The molecule has 0 aromatic heterocycles. The van der Waals surface area contributed by atoms with Crippen LogP contribution in [0.4, 0.5) is 0 Å². The lowest BCUT2D eigenvalue weighted by Crippen LogP contribution is -2.56. The van der Waals surface area contributed by atoms with Crippen molar-refractivity contribution < 1.29 is 19.4 Å². The van der Waals surface area contributed by atoms with Gasteiger partial charge in [0, 0.05) is 14.0 Å². The first-order valence-electron chi connectivity index (χ1n) is 4.17. The van der Waals surface area contributed by atoms with E-state index in [-0.39, 0.29) is 5.91 Å².